The van der Waals surface area contributed by atoms with Gasteiger partial charge in [0.2, 0.25) is 11.8 Å². The molecule has 3 rings (SSSR count). The van der Waals surface area contributed by atoms with Crippen molar-refractivity contribution in [1.29, 1.82) is 0 Å². The minimum absolute atomic E-state index is 0.0610. The van der Waals surface area contributed by atoms with E-state index < -0.39 is 29.3 Å². The topological polar surface area (TPSA) is 64.4 Å². The fraction of sp³-hybridized carbons (Fsp3) is 0.200. The second kappa shape index (κ2) is 9.48. The molecule has 11 heteroatoms. The van der Waals surface area contributed by atoms with Crippen LogP contribution in [0.3, 0.4) is 0 Å². The Morgan fingerprint density at radius 1 is 1.16 bits per heavy atom. The van der Waals surface area contributed by atoms with E-state index in [1.807, 2.05) is 0 Å². The Hall–Kier alpha value is -2.92. The number of anilines is 1. The van der Waals surface area contributed by atoms with Crippen LogP contribution >= 0.6 is 11.8 Å². The number of alkyl halides is 3. The van der Waals surface area contributed by atoms with Crippen molar-refractivity contribution >= 4 is 23.6 Å². The fourth-order valence-electron chi connectivity index (χ4n) is 2.67. The highest BCUT2D eigenvalue weighted by Crippen LogP contribution is 2.36. The lowest BCUT2D eigenvalue weighted by atomic mass is 10.0. The van der Waals surface area contributed by atoms with Crippen molar-refractivity contribution in [3.05, 3.63) is 65.4 Å². The van der Waals surface area contributed by atoms with E-state index in [1.54, 1.807) is 0 Å². The maximum absolute atomic E-state index is 13.3. The number of halogens is 5. The van der Waals surface area contributed by atoms with Crippen molar-refractivity contribution in [2.75, 3.05) is 18.2 Å². The number of hydrogen-bond donors (Lipinski definition) is 1. The lowest BCUT2D eigenvalue weighted by Crippen LogP contribution is -2.14. The number of ether oxygens (including phenoxy) is 1. The zero-order valence-electron chi connectivity index (χ0n) is 15.9. The van der Waals surface area contributed by atoms with Gasteiger partial charge in [0.15, 0.2) is 11.6 Å². The quantitative estimate of drug-likeness (QED) is 0.373. The number of nitrogens with one attached hydrogen (secondary N) is 1. The van der Waals surface area contributed by atoms with Crippen LogP contribution in [-0.4, -0.2) is 23.9 Å². The largest absolute Gasteiger partial charge is 0.416 e. The minimum Gasteiger partial charge on any atom is -0.378 e. The molecule has 0 saturated heterocycles. The Balaban J connectivity index is 1.82. The molecular formula is C20H15F5N2O3S. The Morgan fingerprint density at radius 2 is 1.94 bits per heavy atom. The zero-order chi connectivity index (χ0) is 22.6. The van der Waals surface area contributed by atoms with Gasteiger partial charge >= 0.3 is 6.18 Å². The van der Waals surface area contributed by atoms with Gasteiger partial charge in [-0.05, 0) is 35.9 Å². The molecule has 0 radical (unpaired) electrons. The lowest BCUT2D eigenvalue weighted by molar-refractivity contribution is -0.137. The van der Waals surface area contributed by atoms with Gasteiger partial charge in [0.25, 0.3) is 0 Å². The number of thioether (sulfide) groups is 1. The number of hydrogen-bond acceptors (Lipinski definition) is 5. The molecule has 31 heavy (non-hydrogen) atoms. The molecule has 0 atom stereocenters. The van der Waals surface area contributed by atoms with Gasteiger partial charge < -0.3 is 9.26 Å². The number of aromatic nitrogens is 1. The summed E-state index contributed by atoms with van der Waals surface area (Å²) < 4.78 is 75.7. The summed E-state index contributed by atoms with van der Waals surface area (Å²) in [6, 6.07) is 7.69. The number of carbonyl (C=O) groups excluding carboxylic acids is 1. The van der Waals surface area contributed by atoms with Gasteiger partial charge in [-0.3, -0.25) is 10.1 Å². The van der Waals surface area contributed by atoms with Gasteiger partial charge in [-0.2, -0.15) is 13.2 Å². The van der Waals surface area contributed by atoms with E-state index in [4.69, 9.17) is 9.26 Å². The molecule has 0 aliphatic rings. The van der Waals surface area contributed by atoms with Crippen LogP contribution in [0.1, 0.15) is 11.3 Å². The van der Waals surface area contributed by atoms with Gasteiger partial charge in [0.05, 0.1) is 23.5 Å². The highest BCUT2D eigenvalue weighted by molar-refractivity contribution is 8.00. The average molecular weight is 458 g/mol. The van der Waals surface area contributed by atoms with E-state index in [1.165, 1.54) is 25.3 Å². The second-order valence-electron chi connectivity index (χ2n) is 6.26. The van der Waals surface area contributed by atoms with Crippen LogP contribution in [0.4, 0.5) is 27.8 Å². The summed E-state index contributed by atoms with van der Waals surface area (Å²) in [6.07, 6.45) is -4.56. The molecular weight excluding hydrogens is 443 g/mol. The molecule has 2 aromatic carbocycles. The first-order valence-corrected chi connectivity index (χ1v) is 9.70. The Labute approximate surface area is 177 Å². The van der Waals surface area contributed by atoms with Crippen molar-refractivity contribution in [2.45, 2.75) is 17.7 Å². The first-order valence-electron chi connectivity index (χ1n) is 8.72. The lowest BCUT2D eigenvalue weighted by Gasteiger charge is -2.10. The van der Waals surface area contributed by atoms with E-state index in [9.17, 15) is 26.7 Å². The summed E-state index contributed by atoms with van der Waals surface area (Å²) in [7, 11) is 1.38. The van der Waals surface area contributed by atoms with Crippen LogP contribution in [0, 0.1) is 11.6 Å². The van der Waals surface area contributed by atoms with Gasteiger partial charge in [0, 0.05) is 12.0 Å². The van der Waals surface area contributed by atoms with Crippen LogP contribution in [0.5, 0.6) is 0 Å². The van der Waals surface area contributed by atoms with Crippen molar-refractivity contribution in [3.8, 4) is 11.1 Å². The summed E-state index contributed by atoms with van der Waals surface area (Å²) >= 11 is 0.941. The maximum Gasteiger partial charge on any atom is 0.416 e. The predicted octanol–water partition coefficient (Wildman–Crippen LogP) is 5.52. The monoisotopic (exact) mass is 458 g/mol. The standard InChI is InChI=1S/C20H15F5N2O3S/c1-29-9-16-18(11-3-2-4-12(7-11)20(23,24)25)19(30-27-16)26-17(28)10-31-13-5-6-14(21)15(22)8-13/h2-8H,9-10H2,1H3,(H,26,28). The third kappa shape index (κ3) is 5.61. The molecule has 0 aliphatic heterocycles. The van der Waals surface area contributed by atoms with Crippen LogP contribution in [0.15, 0.2) is 51.9 Å². The first kappa shape index (κ1) is 22.8. The number of nitrogens with zero attached hydrogens (tertiary/aromatic N) is 1. The summed E-state index contributed by atoms with van der Waals surface area (Å²) in [5.41, 5.74) is -0.392. The molecule has 164 valence electrons. The number of carbonyl (C=O) groups is 1. The molecule has 1 N–H and O–H groups in total. The molecule has 0 aliphatic carbocycles. The summed E-state index contributed by atoms with van der Waals surface area (Å²) in [5.74, 6) is -2.97. The molecule has 0 fully saturated rings. The maximum atomic E-state index is 13.3. The summed E-state index contributed by atoms with van der Waals surface area (Å²) in [4.78, 5) is 12.6. The van der Waals surface area contributed by atoms with Gasteiger partial charge in [-0.15, -0.1) is 11.8 Å². The first-order chi connectivity index (χ1) is 14.7. The highest BCUT2D eigenvalue weighted by atomic mass is 32.2. The van der Waals surface area contributed by atoms with Crippen molar-refractivity contribution in [2.24, 2.45) is 0 Å². The Bertz CT molecular complexity index is 1080. The Kier molecular flexibility index (Phi) is 6.96. The molecule has 1 aromatic heterocycles. The number of rotatable bonds is 7. The summed E-state index contributed by atoms with van der Waals surface area (Å²) in [5, 5.41) is 6.22. The van der Waals surface area contributed by atoms with Gasteiger partial charge in [-0.1, -0.05) is 17.3 Å². The summed E-state index contributed by atoms with van der Waals surface area (Å²) in [6.45, 7) is -0.0610. The fourth-order valence-corrected chi connectivity index (χ4v) is 3.39. The smallest absolute Gasteiger partial charge is 0.378 e. The van der Waals surface area contributed by atoms with Crippen molar-refractivity contribution < 1.29 is 36.0 Å². The molecule has 1 amide bonds. The van der Waals surface area contributed by atoms with E-state index in [2.05, 4.69) is 10.5 Å². The zero-order valence-corrected chi connectivity index (χ0v) is 16.7. The molecule has 0 spiro atoms. The third-order valence-corrected chi connectivity index (χ3v) is 5.03. The van der Waals surface area contributed by atoms with E-state index in [0.29, 0.717) is 4.90 Å². The van der Waals surface area contributed by atoms with Crippen molar-refractivity contribution in [1.82, 2.24) is 5.16 Å². The molecule has 3 aromatic rings. The third-order valence-electron chi connectivity index (χ3n) is 4.04. The SMILES string of the molecule is COCc1noc(NC(=O)CSc2ccc(F)c(F)c2)c1-c1cccc(C(F)(F)F)c1. The van der Waals surface area contributed by atoms with E-state index in [-0.39, 0.29) is 35.1 Å². The van der Waals surface area contributed by atoms with E-state index >= 15 is 0 Å². The van der Waals surface area contributed by atoms with Crippen LogP contribution < -0.4 is 5.32 Å². The normalized spacial score (nSPS) is 11.5. The number of amides is 1. The van der Waals surface area contributed by atoms with E-state index in [0.717, 1.165) is 36.0 Å². The second-order valence-corrected chi connectivity index (χ2v) is 7.31. The molecule has 0 saturated carbocycles. The molecule has 0 unspecified atom stereocenters. The van der Waals surface area contributed by atoms with Gasteiger partial charge in [0.1, 0.15) is 5.69 Å². The molecule has 1 heterocycles. The van der Waals surface area contributed by atoms with Crippen LogP contribution in [-0.2, 0) is 22.3 Å². The van der Waals surface area contributed by atoms with Crippen LogP contribution in [0.2, 0.25) is 0 Å². The minimum atomic E-state index is -4.56. The van der Waals surface area contributed by atoms with Crippen LogP contribution in [0.25, 0.3) is 11.1 Å². The number of benzene rings is 2. The van der Waals surface area contributed by atoms with Crippen molar-refractivity contribution in [3.63, 3.8) is 0 Å². The predicted molar refractivity (Wildman–Crippen MR) is 103 cm³/mol. The average Bonchev–Trinajstić information content (AvgIpc) is 3.10. The number of methoxy groups -OCH3 is 1. The van der Waals surface area contributed by atoms with Gasteiger partial charge in [-0.25, -0.2) is 8.78 Å². The molecule has 0 bridgehead atoms. The molecule has 5 nitrogen and oxygen atoms in total. The Morgan fingerprint density at radius 3 is 2.61 bits per heavy atom. The highest BCUT2D eigenvalue weighted by Gasteiger charge is 2.31.